The first-order valence-corrected chi connectivity index (χ1v) is 6.05. The first-order chi connectivity index (χ1) is 7.23. The molecule has 3 rings (SSSR count). The Kier molecular flexibility index (Phi) is 1.86. The second-order valence-electron chi connectivity index (χ2n) is 5.24. The number of rotatable bonds is 0. The van der Waals surface area contributed by atoms with Crippen LogP contribution in [0, 0.1) is 6.92 Å². The van der Waals surface area contributed by atoms with Crippen molar-refractivity contribution in [1.29, 1.82) is 0 Å². The second kappa shape index (κ2) is 3.01. The van der Waals surface area contributed by atoms with Crippen molar-refractivity contribution < 1.29 is 5.11 Å². The summed E-state index contributed by atoms with van der Waals surface area (Å²) >= 11 is 0. The summed E-state index contributed by atoms with van der Waals surface area (Å²) in [7, 11) is 0. The minimum atomic E-state index is 0.443. The number of hydrogen-bond donors (Lipinski definition) is 1. The number of benzene rings is 1. The van der Waals surface area contributed by atoms with Crippen LogP contribution in [0.2, 0.25) is 0 Å². The molecule has 0 aromatic heterocycles. The Bertz CT molecular complexity index is 400. The molecule has 1 nitrogen and oxygen atoms in total. The van der Waals surface area contributed by atoms with Crippen molar-refractivity contribution in [3.8, 4) is 5.75 Å². The number of phenols is 1. The van der Waals surface area contributed by atoms with E-state index < -0.39 is 0 Å². The van der Waals surface area contributed by atoms with Gasteiger partial charge in [0.1, 0.15) is 5.75 Å². The lowest BCUT2D eigenvalue weighted by Gasteiger charge is -2.26. The van der Waals surface area contributed by atoms with Gasteiger partial charge in [-0.2, -0.15) is 0 Å². The molecule has 0 bridgehead atoms. The summed E-state index contributed by atoms with van der Waals surface area (Å²) in [5.74, 6) is 0.527. The van der Waals surface area contributed by atoms with E-state index in [1.807, 2.05) is 6.07 Å². The predicted octanol–water partition coefficient (Wildman–Crippen LogP) is 3.46. The molecule has 15 heavy (non-hydrogen) atoms. The van der Waals surface area contributed by atoms with Gasteiger partial charge >= 0.3 is 0 Å². The van der Waals surface area contributed by atoms with Crippen LogP contribution in [0.3, 0.4) is 0 Å². The van der Waals surface area contributed by atoms with Crippen LogP contribution in [-0.4, -0.2) is 5.11 Å². The van der Waals surface area contributed by atoms with Crippen molar-refractivity contribution in [2.75, 3.05) is 0 Å². The first kappa shape index (κ1) is 9.26. The van der Waals surface area contributed by atoms with E-state index in [1.165, 1.54) is 48.8 Å². The Balaban J connectivity index is 2.20. The molecule has 1 N–H and O–H groups in total. The third-order valence-corrected chi connectivity index (χ3v) is 4.44. The third-order valence-electron chi connectivity index (χ3n) is 4.44. The van der Waals surface area contributed by atoms with E-state index in [1.54, 1.807) is 0 Å². The minimum absolute atomic E-state index is 0.443. The molecule has 2 aliphatic rings. The van der Waals surface area contributed by atoms with Gasteiger partial charge in [-0.15, -0.1) is 0 Å². The van der Waals surface area contributed by atoms with Crippen LogP contribution in [0.5, 0.6) is 5.75 Å². The van der Waals surface area contributed by atoms with E-state index in [-0.39, 0.29) is 0 Å². The quantitative estimate of drug-likeness (QED) is 0.683. The molecule has 1 heteroatoms. The Hall–Kier alpha value is -0.980. The summed E-state index contributed by atoms with van der Waals surface area (Å²) in [6.07, 6.45) is 7.77. The van der Waals surface area contributed by atoms with E-state index in [9.17, 15) is 5.11 Å². The minimum Gasteiger partial charge on any atom is -0.508 e. The van der Waals surface area contributed by atoms with Crippen LogP contribution in [0.25, 0.3) is 0 Å². The monoisotopic (exact) mass is 202 g/mol. The summed E-state index contributed by atoms with van der Waals surface area (Å²) in [5, 5.41) is 9.90. The number of hydrogen-bond acceptors (Lipinski definition) is 1. The summed E-state index contributed by atoms with van der Waals surface area (Å²) < 4.78 is 0. The van der Waals surface area contributed by atoms with Gasteiger partial charge in [-0.1, -0.05) is 18.9 Å². The average Bonchev–Trinajstić information content (AvgIpc) is 2.83. The van der Waals surface area contributed by atoms with Crippen LogP contribution >= 0.6 is 0 Å². The van der Waals surface area contributed by atoms with E-state index in [0.29, 0.717) is 11.2 Å². The molecule has 0 aliphatic heterocycles. The normalized spacial score (nSPS) is 22.2. The fourth-order valence-corrected chi connectivity index (χ4v) is 3.79. The highest BCUT2D eigenvalue weighted by atomic mass is 16.3. The molecule has 0 heterocycles. The maximum Gasteiger partial charge on any atom is 0.119 e. The summed E-state index contributed by atoms with van der Waals surface area (Å²) in [4.78, 5) is 0. The van der Waals surface area contributed by atoms with Crippen molar-refractivity contribution in [2.24, 2.45) is 0 Å². The zero-order chi connectivity index (χ0) is 10.5. The van der Waals surface area contributed by atoms with Crippen LogP contribution in [0.1, 0.15) is 48.8 Å². The van der Waals surface area contributed by atoms with Crippen molar-refractivity contribution in [2.45, 2.75) is 50.9 Å². The van der Waals surface area contributed by atoms with Gasteiger partial charge in [0, 0.05) is 0 Å². The van der Waals surface area contributed by atoms with Crippen LogP contribution in [0.4, 0.5) is 0 Å². The Morgan fingerprint density at radius 1 is 1.13 bits per heavy atom. The van der Waals surface area contributed by atoms with Gasteiger partial charge in [-0.05, 0) is 60.8 Å². The highest BCUT2D eigenvalue weighted by Gasteiger charge is 2.42. The van der Waals surface area contributed by atoms with Gasteiger partial charge < -0.3 is 5.11 Å². The Morgan fingerprint density at radius 2 is 1.87 bits per heavy atom. The number of aryl methyl sites for hydroxylation is 1. The molecule has 0 saturated heterocycles. The molecule has 80 valence electrons. The van der Waals surface area contributed by atoms with Crippen LogP contribution < -0.4 is 0 Å². The van der Waals surface area contributed by atoms with E-state index >= 15 is 0 Å². The molecule has 0 unspecified atom stereocenters. The molecule has 0 amide bonds. The lowest BCUT2D eigenvalue weighted by molar-refractivity contribution is 0.437. The van der Waals surface area contributed by atoms with Crippen molar-refractivity contribution >= 4 is 0 Å². The highest BCUT2D eigenvalue weighted by Crippen LogP contribution is 2.52. The molecule has 1 aromatic carbocycles. The SMILES string of the molecule is Cc1ccc(O)c2c1C1(CCCC1)CC2. The highest BCUT2D eigenvalue weighted by molar-refractivity contribution is 5.51. The van der Waals surface area contributed by atoms with Crippen molar-refractivity contribution in [3.63, 3.8) is 0 Å². The number of phenolic OH excluding ortho intramolecular Hbond substituents is 1. The molecule has 1 fully saturated rings. The van der Waals surface area contributed by atoms with Gasteiger partial charge in [0.2, 0.25) is 0 Å². The van der Waals surface area contributed by atoms with Crippen LogP contribution in [0.15, 0.2) is 12.1 Å². The molecule has 0 radical (unpaired) electrons. The van der Waals surface area contributed by atoms with Gasteiger partial charge in [-0.3, -0.25) is 0 Å². The summed E-state index contributed by atoms with van der Waals surface area (Å²) in [6, 6.07) is 3.95. The standard InChI is InChI=1S/C14H18O/c1-10-4-5-12(15)11-6-9-14(13(10)11)7-2-3-8-14/h4-5,15H,2-3,6-9H2,1H3. The molecule has 1 aromatic rings. The maximum absolute atomic E-state index is 9.90. The molecular formula is C14H18O. The first-order valence-electron chi connectivity index (χ1n) is 6.05. The van der Waals surface area contributed by atoms with Gasteiger partial charge in [0.05, 0.1) is 0 Å². The predicted molar refractivity (Wildman–Crippen MR) is 61.3 cm³/mol. The lowest BCUT2D eigenvalue weighted by atomic mass is 9.78. The van der Waals surface area contributed by atoms with E-state index in [4.69, 9.17) is 0 Å². The number of fused-ring (bicyclic) bond motifs is 2. The molecular weight excluding hydrogens is 184 g/mol. The maximum atomic E-state index is 9.90. The van der Waals surface area contributed by atoms with Gasteiger partial charge in [0.25, 0.3) is 0 Å². The van der Waals surface area contributed by atoms with Gasteiger partial charge in [-0.25, -0.2) is 0 Å². The summed E-state index contributed by atoms with van der Waals surface area (Å²) in [6.45, 7) is 2.20. The smallest absolute Gasteiger partial charge is 0.119 e. The lowest BCUT2D eigenvalue weighted by Crippen LogP contribution is -2.18. The zero-order valence-corrected chi connectivity index (χ0v) is 9.34. The van der Waals surface area contributed by atoms with Gasteiger partial charge in [0.15, 0.2) is 0 Å². The molecule has 0 atom stereocenters. The summed E-state index contributed by atoms with van der Waals surface area (Å²) in [5.41, 5.74) is 4.58. The Labute approximate surface area is 91.1 Å². The Morgan fingerprint density at radius 3 is 2.60 bits per heavy atom. The van der Waals surface area contributed by atoms with E-state index in [2.05, 4.69) is 13.0 Å². The molecule has 1 saturated carbocycles. The fraction of sp³-hybridized carbons (Fsp3) is 0.571. The zero-order valence-electron chi connectivity index (χ0n) is 9.34. The third kappa shape index (κ3) is 1.15. The number of aromatic hydroxyl groups is 1. The van der Waals surface area contributed by atoms with Crippen LogP contribution in [-0.2, 0) is 11.8 Å². The topological polar surface area (TPSA) is 20.2 Å². The molecule has 2 aliphatic carbocycles. The second-order valence-corrected chi connectivity index (χ2v) is 5.24. The van der Waals surface area contributed by atoms with Crippen molar-refractivity contribution in [1.82, 2.24) is 0 Å². The average molecular weight is 202 g/mol. The fourth-order valence-electron chi connectivity index (χ4n) is 3.79. The molecule has 1 spiro atoms. The largest absolute Gasteiger partial charge is 0.508 e. The van der Waals surface area contributed by atoms with E-state index in [0.717, 1.165) is 6.42 Å². The van der Waals surface area contributed by atoms with Crippen molar-refractivity contribution in [3.05, 3.63) is 28.8 Å².